The van der Waals surface area contributed by atoms with Crippen LogP contribution in [0.3, 0.4) is 0 Å². The lowest BCUT2D eigenvalue weighted by Crippen LogP contribution is -2.49. The molecule has 1 atom stereocenters. The highest BCUT2D eigenvalue weighted by molar-refractivity contribution is 5.87. The Hall–Kier alpha value is -3.02. The number of carbonyl (C=O) groups is 2. The molecule has 0 aliphatic rings. The lowest BCUT2D eigenvalue weighted by molar-refractivity contribution is -0.141. The van der Waals surface area contributed by atoms with Crippen molar-refractivity contribution in [1.29, 1.82) is 0 Å². The van der Waals surface area contributed by atoms with Crippen LogP contribution in [0.15, 0.2) is 48.5 Å². The van der Waals surface area contributed by atoms with E-state index in [1.54, 1.807) is 18.9 Å². The molecule has 0 aliphatic carbocycles. The summed E-state index contributed by atoms with van der Waals surface area (Å²) in [5.74, 6) is 1.29. The van der Waals surface area contributed by atoms with Crippen LogP contribution in [-0.4, -0.2) is 42.5 Å². The van der Waals surface area contributed by atoms with Crippen molar-refractivity contribution < 1.29 is 19.1 Å². The number of hydrogen-bond donors (Lipinski definition) is 1. The quantitative estimate of drug-likeness (QED) is 0.549. The van der Waals surface area contributed by atoms with Gasteiger partial charge in [0.1, 0.15) is 17.5 Å². The average Bonchev–Trinajstić information content (AvgIpc) is 2.74. The monoisotopic (exact) mass is 426 g/mol. The maximum atomic E-state index is 13.0. The van der Waals surface area contributed by atoms with Gasteiger partial charge in [0, 0.05) is 19.0 Å². The maximum Gasteiger partial charge on any atom is 0.242 e. The van der Waals surface area contributed by atoms with Gasteiger partial charge in [-0.15, -0.1) is 0 Å². The molecule has 0 radical (unpaired) electrons. The molecule has 0 bridgehead atoms. The van der Waals surface area contributed by atoms with Crippen molar-refractivity contribution in [3.05, 3.63) is 59.7 Å². The van der Waals surface area contributed by atoms with Gasteiger partial charge < -0.3 is 19.7 Å². The summed E-state index contributed by atoms with van der Waals surface area (Å²) in [6.07, 6.45) is 0.870. The smallest absolute Gasteiger partial charge is 0.242 e. The number of methoxy groups -OCH3 is 1. The van der Waals surface area contributed by atoms with Crippen LogP contribution in [-0.2, 0) is 16.1 Å². The third kappa shape index (κ3) is 7.96. The Morgan fingerprint density at radius 3 is 2.32 bits per heavy atom. The zero-order valence-electron chi connectivity index (χ0n) is 19.2. The van der Waals surface area contributed by atoms with E-state index in [0.29, 0.717) is 26.0 Å². The van der Waals surface area contributed by atoms with Gasteiger partial charge in [0.05, 0.1) is 13.7 Å². The Balaban J connectivity index is 1.98. The van der Waals surface area contributed by atoms with E-state index < -0.39 is 6.04 Å². The van der Waals surface area contributed by atoms with Crippen LogP contribution in [0, 0.1) is 6.92 Å². The third-order valence-corrected chi connectivity index (χ3v) is 4.90. The summed E-state index contributed by atoms with van der Waals surface area (Å²) in [6, 6.07) is 14.8. The summed E-state index contributed by atoms with van der Waals surface area (Å²) >= 11 is 0. The van der Waals surface area contributed by atoms with E-state index in [9.17, 15) is 9.59 Å². The van der Waals surface area contributed by atoms with Crippen molar-refractivity contribution in [1.82, 2.24) is 10.2 Å². The highest BCUT2D eigenvalue weighted by atomic mass is 16.5. The van der Waals surface area contributed by atoms with Gasteiger partial charge in [-0.05, 0) is 63.9 Å². The van der Waals surface area contributed by atoms with E-state index in [1.165, 1.54) is 0 Å². The SMILES string of the molecule is COc1ccc(OCCCC(=O)N(Cc2cccc(C)c2)C(C)C(=O)NC(C)C)cc1. The summed E-state index contributed by atoms with van der Waals surface area (Å²) in [5, 5.41) is 2.91. The highest BCUT2D eigenvalue weighted by Crippen LogP contribution is 2.18. The molecule has 2 aromatic carbocycles. The number of benzene rings is 2. The molecule has 2 amide bonds. The molecular weight excluding hydrogens is 392 g/mol. The maximum absolute atomic E-state index is 13.0. The normalized spacial score (nSPS) is 11.7. The molecule has 2 aromatic rings. The first-order valence-electron chi connectivity index (χ1n) is 10.7. The summed E-state index contributed by atoms with van der Waals surface area (Å²) < 4.78 is 10.9. The van der Waals surface area contributed by atoms with Gasteiger partial charge in [-0.2, -0.15) is 0 Å². The molecular formula is C25H34N2O4. The Morgan fingerprint density at radius 2 is 1.71 bits per heavy atom. The van der Waals surface area contributed by atoms with Crippen LogP contribution >= 0.6 is 0 Å². The number of nitrogens with one attached hydrogen (secondary N) is 1. The Labute approximate surface area is 185 Å². The minimum atomic E-state index is -0.557. The van der Waals surface area contributed by atoms with E-state index in [2.05, 4.69) is 5.32 Å². The zero-order valence-corrected chi connectivity index (χ0v) is 19.2. The van der Waals surface area contributed by atoms with Gasteiger partial charge in [-0.1, -0.05) is 29.8 Å². The zero-order chi connectivity index (χ0) is 22.8. The molecule has 0 spiro atoms. The van der Waals surface area contributed by atoms with Gasteiger partial charge in [-0.3, -0.25) is 9.59 Å². The molecule has 0 aromatic heterocycles. The van der Waals surface area contributed by atoms with E-state index >= 15 is 0 Å². The largest absolute Gasteiger partial charge is 0.497 e. The minimum Gasteiger partial charge on any atom is -0.497 e. The molecule has 6 heteroatoms. The van der Waals surface area contributed by atoms with Crippen molar-refractivity contribution in [2.24, 2.45) is 0 Å². The van der Waals surface area contributed by atoms with E-state index in [1.807, 2.05) is 69.3 Å². The van der Waals surface area contributed by atoms with E-state index in [0.717, 1.165) is 22.6 Å². The van der Waals surface area contributed by atoms with Crippen LogP contribution in [0.5, 0.6) is 11.5 Å². The second-order valence-electron chi connectivity index (χ2n) is 7.98. The number of hydrogen-bond acceptors (Lipinski definition) is 4. The predicted molar refractivity (Wildman–Crippen MR) is 122 cm³/mol. The fraction of sp³-hybridized carbons (Fsp3) is 0.440. The molecule has 0 heterocycles. The van der Waals surface area contributed by atoms with Crippen LogP contribution < -0.4 is 14.8 Å². The van der Waals surface area contributed by atoms with Crippen LogP contribution in [0.4, 0.5) is 0 Å². The van der Waals surface area contributed by atoms with E-state index in [-0.39, 0.29) is 17.9 Å². The van der Waals surface area contributed by atoms with Crippen molar-refractivity contribution in [3.63, 3.8) is 0 Å². The first kappa shape index (κ1) is 24.3. The number of amides is 2. The molecule has 0 fully saturated rings. The fourth-order valence-corrected chi connectivity index (χ4v) is 3.22. The lowest BCUT2D eigenvalue weighted by atomic mass is 10.1. The molecule has 168 valence electrons. The van der Waals surface area contributed by atoms with Gasteiger partial charge in [0.2, 0.25) is 11.8 Å². The van der Waals surface area contributed by atoms with Gasteiger partial charge in [0.15, 0.2) is 0 Å². The minimum absolute atomic E-state index is 0.0174. The molecule has 0 saturated heterocycles. The molecule has 0 saturated carbocycles. The standard InChI is InChI=1S/C25H34N2O4/c1-18(2)26-25(29)20(4)27(17-21-9-6-8-19(3)16-21)24(28)10-7-15-31-23-13-11-22(30-5)12-14-23/h6,8-9,11-14,16,18,20H,7,10,15,17H2,1-5H3,(H,26,29). The molecule has 1 unspecified atom stereocenters. The lowest BCUT2D eigenvalue weighted by Gasteiger charge is -2.29. The fourth-order valence-electron chi connectivity index (χ4n) is 3.22. The highest BCUT2D eigenvalue weighted by Gasteiger charge is 2.26. The molecule has 1 N–H and O–H groups in total. The van der Waals surface area contributed by atoms with Gasteiger partial charge in [0.25, 0.3) is 0 Å². The average molecular weight is 427 g/mol. The van der Waals surface area contributed by atoms with Gasteiger partial charge >= 0.3 is 0 Å². The molecule has 0 aliphatic heterocycles. The van der Waals surface area contributed by atoms with Crippen LogP contribution in [0.25, 0.3) is 0 Å². The second-order valence-corrected chi connectivity index (χ2v) is 7.98. The summed E-state index contributed by atoms with van der Waals surface area (Å²) in [4.78, 5) is 27.3. The van der Waals surface area contributed by atoms with E-state index in [4.69, 9.17) is 9.47 Å². The van der Waals surface area contributed by atoms with Crippen molar-refractivity contribution in [3.8, 4) is 11.5 Å². The first-order chi connectivity index (χ1) is 14.8. The van der Waals surface area contributed by atoms with Crippen molar-refractivity contribution in [2.75, 3.05) is 13.7 Å². The summed E-state index contributed by atoms with van der Waals surface area (Å²) in [6.45, 7) is 8.43. The predicted octanol–water partition coefficient (Wildman–Crippen LogP) is 4.10. The van der Waals surface area contributed by atoms with Crippen molar-refractivity contribution >= 4 is 11.8 Å². The van der Waals surface area contributed by atoms with Crippen molar-refractivity contribution in [2.45, 2.75) is 59.2 Å². The molecule has 31 heavy (non-hydrogen) atoms. The number of nitrogens with zero attached hydrogens (tertiary/aromatic N) is 1. The van der Waals surface area contributed by atoms with Gasteiger partial charge in [-0.25, -0.2) is 0 Å². The summed E-state index contributed by atoms with van der Waals surface area (Å²) in [5.41, 5.74) is 2.13. The topological polar surface area (TPSA) is 67.9 Å². The third-order valence-electron chi connectivity index (χ3n) is 4.90. The summed E-state index contributed by atoms with van der Waals surface area (Å²) in [7, 11) is 1.62. The Bertz CT molecular complexity index is 849. The Morgan fingerprint density at radius 1 is 1.03 bits per heavy atom. The number of carbonyl (C=O) groups excluding carboxylic acids is 2. The van der Waals surface area contributed by atoms with Crippen LogP contribution in [0.2, 0.25) is 0 Å². The Kier molecular flexibility index (Phi) is 9.38. The first-order valence-corrected chi connectivity index (χ1v) is 10.7. The molecule has 2 rings (SSSR count). The number of ether oxygens (including phenoxy) is 2. The number of rotatable bonds is 11. The second kappa shape index (κ2) is 12.0. The number of aryl methyl sites for hydroxylation is 1. The molecule has 6 nitrogen and oxygen atoms in total. The van der Waals surface area contributed by atoms with Crippen LogP contribution in [0.1, 0.15) is 44.7 Å².